The number of ketones is 1. The van der Waals surface area contributed by atoms with Crippen LogP contribution in [0.3, 0.4) is 0 Å². The summed E-state index contributed by atoms with van der Waals surface area (Å²) in [7, 11) is 0. The number of halogens is 3. The van der Waals surface area contributed by atoms with Gasteiger partial charge in [0, 0.05) is 18.0 Å². The molecule has 3 nitrogen and oxygen atoms in total. The highest BCUT2D eigenvalue weighted by atomic mass is 19.4. The average Bonchev–Trinajstić information content (AvgIpc) is 2.12. The summed E-state index contributed by atoms with van der Waals surface area (Å²) in [6.07, 6.45) is -4.29. The van der Waals surface area contributed by atoms with Crippen LogP contribution >= 0.6 is 0 Å². The minimum Gasteiger partial charge on any atom is -0.303 e. The van der Waals surface area contributed by atoms with Crippen LogP contribution in [0.1, 0.15) is 27.7 Å². The van der Waals surface area contributed by atoms with Gasteiger partial charge in [0.05, 0.1) is 6.04 Å². The maximum atomic E-state index is 12.6. The number of Topliss-reactive ketones (excluding diaryl/α,β-unsaturated/α-hetero) is 1. The lowest BCUT2D eigenvalue weighted by Crippen LogP contribution is -2.67. The zero-order valence-corrected chi connectivity index (χ0v) is 10.5. The number of carbonyl (C=O) groups excluding carboxylic acids is 1. The van der Waals surface area contributed by atoms with Crippen LogP contribution in [0.25, 0.3) is 0 Å². The topological polar surface area (TPSA) is 41.1 Å². The minimum absolute atomic E-state index is 0.0185. The summed E-state index contributed by atoms with van der Waals surface area (Å²) in [4.78, 5) is 11.9. The van der Waals surface area contributed by atoms with E-state index in [4.69, 9.17) is 0 Å². The molecule has 3 atom stereocenters. The summed E-state index contributed by atoms with van der Waals surface area (Å²) in [5, 5.41) is 5.15. The van der Waals surface area contributed by atoms with Gasteiger partial charge in [-0.1, -0.05) is 20.8 Å². The molecule has 0 radical (unpaired) electrons. The van der Waals surface area contributed by atoms with E-state index < -0.39 is 29.7 Å². The highest BCUT2D eigenvalue weighted by Crippen LogP contribution is 2.26. The zero-order chi connectivity index (χ0) is 13.4. The van der Waals surface area contributed by atoms with Gasteiger partial charge in [-0.3, -0.25) is 4.79 Å². The van der Waals surface area contributed by atoms with E-state index in [1.807, 2.05) is 0 Å². The van der Waals surface area contributed by atoms with Crippen molar-refractivity contribution in [1.82, 2.24) is 10.6 Å². The Balaban J connectivity index is 2.68. The first-order chi connectivity index (χ1) is 7.53. The Labute approximate surface area is 99.1 Å². The number of carbonyl (C=O) groups is 1. The predicted molar refractivity (Wildman–Crippen MR) is 58.7 cm³/mol. The predicted octanol–water partition coefficient (Wildman–Crippen LogP) is 1.48. The monoisotopic (exact) mass is 252 g/mol. The molecule has 1 saturated heterocycles. The summed E-state index contributed by atoms with van der Waals surface area (Å²) in [5.74, 6) is -0.0718. The molecule has 1 aliphatic heterocycles. The second-order valence-corrected chi connectivity index (χ2v) is 5.55. The Morgan fingerprint density at radius 2 is 1.76 bits per heavy atom. The lowest BCUT2D eigenvalue weighted by molar-refractivity contribution is -0.167. The maximum absolute atomic E-state index is 12.6. The molecular weight excluding hydrogens is 233 g/mol. The van der Waals surface area contributed by atoms with Crippen LogP contribution in [0, 0.1) is 5.41 Å². The van der Waals surface area contributed by atoms with E-state index in [1.165, 1.54) is 6.92 Å². The Morgan fingerprint density at radius 3 is 2.12 bits per heavy atom. The first kappa shape index (κ1) is 14.4. The van der Waals surface area contributed by atoms with E-state index in [9.17, 15) is 18.0 Å². The number of piperazine rings is 1. The van der Waals surface area contributed by atoms with Crippen molar-refractivity contribution in [1.29, 1.82) is 0 Å². The van der Waals surface area contributed by atoms with E-state index >= 15 is 0 Å². The van der Waals surface area contributed by atoms with Crippen molar-refractivity contribution >= 4 is 5.78 Å². The van der Waals surface area contributed by atoms with E-state index in [-0.39, 0.29) is 12.3 Å². The molecule has 17 heavy (non-hydrogen) atoms. The van der Waals surface area contributed by atoms with Crippen LogP contribution in [-0.4, -0.2) is 36.6 Å². The molecule has 1 rings (SSSR count). The molecule has 1 heterocycles. The second-order valence-electron chi connectivity index (χ2n) is 5.55. The molecule has 6 heteroatoms. The van der Waals surface area contributed by atoms with Gasteiger partial charge < -0.3 is 10.6 Å². The Bertz CT molecular complexity index is 296. The van der Waals surface area contributed by atoms with Crippen LogP contribution in [0.5, 0.6) is 0 Å². The van der Waals surface area contributed by atoms with Gasteiger partial charge >= 0.3 is 6.18 Å². The molecule has 1 aliphatic rings. The molecule has 0 bridgehead atoms. The molecule has 0 aromatic carbocycles. The van der Waals surface area contributed by atoms with Crippen molar-refractivity contribution in [3.05, 3.63) is 0 Å². The molecule has 0 aliphatic carbocycles. The summed E-state index contributed by atoms with van der Waals surface area (Å²) in [5.41, 5.74) is -0.551. The summed E-state index contributed by atoms with van der Waals surface area (Å²) >= 11 is 0. The van der Waals surface area contributed by atoms with Crippen LogP contribution < -0.4 is 10.6 Å². The third-order valence-corrected chi connectivity index (χ3v) is 2.91. The molecular formula is C11H19F3N2O. The maximum Gasteiger partial charge on any atom is 0.405 e. The van der Waals surface area contributed by atoms with Crippen molar-refractivity contribution in [3.63, 3.8) is 0 Å². The van der Waals surface area contributed by atoms with Crippen LogP contribution in [0.2, 0.25) is 0 Å². The van der Waals surface area contributed by atoms with Crippen molar-refractivity contribution in [2.24, 2.45) is 5.41 Å². The number of rotatable bonds is 1. The van der Waals surface area contributed by atoms with Crippen LogP contribution in [0.4, 0.5) is 13.2 Å². The fourth-order valence-corrected chi connectivity index (χ4v) is 1.98. The summed E-state index contributed by atoms with van der Waals surface area (Å²) in [6.45, 7) is 6.74. The first-order valence-corrected chi connectivity index (χ1v) is 5.64. The summed E-state index contributed by atoms with van der Waals surface area (Å²) in [6, 6.07) is -2.95. The van der Waals surface area contributed by atoms with Crippen molar-refractivity contribution in [2.45, 2.75) is 52.0 Å². The van der Waals surface area contributed by atoms with Gasteiger partial charge in [0.15, 0.2) is 5.78 Å². The van der Waals surface area contributed by atoms with Gasteiger partial charge in [0.2, 0.25) is 0 Å². The number of nitrogens with one attached hydrogen (secondary N) is 2. The number of alkyl halides is 3. The zero-order valence-electron chi connectivity index (χ0n) is 10.5. The van der Waals surface area contributed by atoms with E-state index in [1.54, 1.807) is 20.8 Å². The van der Waals surface area contributed by atoms with Gasteiger partial charge in [0.25, 0.3) is 0 Å². The lowest BCUT2D eigenvalue weighted by Gasteiger charge is -2.38. The van der Waals surface area contributed by atoms with Crippen molar-refractivity contribution in [2.75, 3.05) is 6.54 Å². The average molecular weight is 252 g/mol. The van der Waals surface area contributed by atoms with Crippen LogP contribution in [-0.2, 0) is 4.79 Å². The van der Waals surface area contributed by atoms with Gasteiger partial charge in [-0.25, -0.2) is 0 Å². The third-order valence-electron chi connectivity index (χ3n) is 2.91. The largest absolute Gasteiger partial charge is 0.405 e. The fraction of sp³-hybridized carbons (Fsp3) is 0.909. The molecule has 0 saturated carbocycles. The molecule has 100 valence electrons. The summed E-state index contributed by atoms with van der Waals surface area (Å²) < 4.78 is 37.7. The lowest BCUT2D eigenvalue weighted by atomic mass is 9.85. The van der Waals surface area contributed by atoms with E-state index in [2.05, 4.69) is 10.6 Å². The van der Waals surface area contributed by atoms with Crippen molar-refractivity contribution in [3.8, 4) is 0 Å². The van der Waals surface area contributed by atoms with Crippen LogP contribution in [0.15, 0.2) is 0 Å². The minimum atomic E-state index is -4.29. The normalized spacial score (nSPS) is 31.4. The number of hydrogen-bond donors (Lipinski definition) is 2. The van der Waals surface area contributed by atoms with E-state index in [0.717, 1.165) is 0 Å². The van der Waals surface area contributed by atoms with Gasteiger partial charge in [0.1, 0.15) is 6.04 Å². The first-order valence-electron chi connectivity index (χ1n) is 5.64. The molecule has 3 unspecified atom stereocenters. The van der Waals surface area contributed by atoms with E-state index in [0.29, 0.717) is 0 Å². The highest BCUT2D eigenvalue weighted by Gasteiger charge is 2.47. The smallest absolute Gasteiger partial charge is 0.303 e. The second kappa shape index (κ2) is 4.57. The van der Waals surface area contributed by atoms with Gasteiger partial charge in [-0.05, 0) is 6.92 Å². The van der Waals surface area contributed by atoms with Gasteiger partial charge in [-0.2, -0.15) is 13.2 Å². The molecule has 0 aromatic heterocycles. The third kappa shape index (κ3) is 3.42. The molecule has 2 N–H and O–H groups in total. The highest BCUT2D eigenvalue weighted by molar-refractivity contribution is 5.89. The van der Waals surface area contributed by atoms with Crippen molar-refractivity contribution < 1.29 is 18.0 Å². The molecule has 1 fully saturated rings. The quantitative estimate of drug-likeness (QED) is 0.742. The molecule has 0 amide bonds. The molecule has 0 spiro atoms. The van der Waals surface area contributed by atoms with Gasteiger partial charge in [-0.15, -0.1) is 0 Å². The SMILES string of the molecule is CC1NC(C(=O)C(C)(C)C)CNC1C(F)(F)F. The molecule has 0 aromatic rings. The Hall–Kier alpha value is -0.620. The Kier molecular flexibility index (Phi) is 3.88. The fourth-order valence-electron chi connectivity index (χ4n) is 1.98. The number of hydrogen-bond acceptors (Lipinski definition) is 3. The standard InChI is InChI=1S/C11H19F3N2O/c1-6-8(11(12,13)14)15-5-7(16-6)9(17)10(2,3)4/h6-8,15-16H,5H2,1-4H3. The Morgan fingerprint density at radius 1 is 1.24 bits per heavy atom.